The maximum Gasteiger partial charge on any atom is 0.220 e. The van der Waals surface area contributed by atoms with Crippen molar-refractivity contribution in [1.82, 2.24) is 5.32 Å². The maximum atomic E-state index is 12.4. The first-order valence-corrected chi connectivity index (χ1v) is 28.1. The quantitative estimate of drug-likeness (QED) is 0.0421. The van der Waals surface area contributed by atoms with Gasteiger partial charge in [0.2, 0.25) is 5.91 Å². The van der Waals surface area contributed by atoms with Crippen LogP contribution in [-0.4, -0.2) is 34.9 Å². The van der Waals surface area contributed by atoms with Gasteiger partial charge in [-0.1, -0.05) is 286 Å². The third-order valence-electron chi connectivity index (χ3n) is 12.7. The molecule has 0 aromatic carbocycles. The van der Waals surface area contributed by atoms with Crippen LogP contribution in [0, 0.1) is 0 Å². The van der Waals surface area contributed by atoms with Gasteiger partial charge in [-0.25, -0.2) is 0 Å². The number of hydrogen-bond acceptors (Lipinski definition) is 3. The largest absolute Gasteiger partial charge is 0.394 e. The number of aliphatic hydroxyl groups excluding tert-OH is 2. The van der Waals surface area contributed by atoms with E-state index in [-0.39, 0.29) is 12.5 Å². The van der Waals surface area contributed by atoms with Gasteiger partial charge in [0.1, 0.15) is 0 Å². The average molecular weight is 893 g/mol. The summed E-state index contributed by atoms with van der Waals surface area (Å²) >= 11 is 0. The Kier molecular flexibility index (Phi) is 53.3. The normalized spacial score (nSPS) is 13.4. The fourth-order valence-corrected chi connectivity index (χ4v) is 8.48. The first-order chi connectivity index (χ1) is 31.7. The molecule has 0 aromatic rings. The third kappa shape index (κ3) is 50.8. The lowest BCUT2D eigenvalue weighted by atomic mass is 10.0. The Hall–Kier alpha value is -2.17. The molecule has 0 radical (unpaired) electrons. The first kappa shape index (κ1) is 61.8. The number of aliphatic hydroxyl groups is 2. The molecule has 0 aliphatic heterocycles. The Labute approximate surface area is 399 Å². The van der Waals surface area contributed by atoms with Crippen LogP contribution in [0.4, 0.5) is 0 Å². The van der Waals surface area contributed by atoms with E-state index in [2.05, 4.69) is 92.1 Å². The number of rotatable bonds is 51. The second-order valence-electron chi connectivity index (χ2n) is 19.0. The minimum absolute atomic E-state index is 0.0298. The lowest BCUT2D eigenvalue weighted by Gasteiger charge is -2.22. The molecular formula is C60H109NO3. The van der Waals surface area contributed by atoms with E-state index in [9.17, 15) is 15.0 Å². The highest BCUT2D eigenvalue weighted by Crippen LogP contribution is 2.17. The minimum atomic E-state index is -0.657. The number of carbonyl (C=O) groups excluding carboxylic acids is 1. The number of hydrogen-bond donors (Lipinski definition) is 3. The molecule has 64 heavy (non-hydrogen) atoms. The topological polar surface area (TPSA) is 69.6 Å². The van der Waals surface area contributed by atoms with Crippen LogP contribution in [0.5, 0.6) is 0 Å². The number of carbonyl (C=O) groups is 1. The lowest BCUT2D eigenvalue weighted by Crippen LogP contribution is -2.45. The van der Waals surface area contributed by atoms with Gasteiger partial charge in [0.25, 0.3) is 0 Å². The second-order valence-corrected chi connectivity index (χ2v) is 19.0. The fourth-order valence-electron chi connectivity index (χ4n) is 8.48. The van der Waals surface area contributed by atoms with Gasteiger partial charge in [-0.2, -0.15) is 0 Å². The molecule has 4 heteroatoms. The van der Waals surface area contributed by atoms with Crippen LogP contribution in [-0.2, 0) is 4.79 Å². The van der Waals surface area contributed by atoms with Gasteiger partial charge in [-0.15, -0.1) is 0 Å². The van der Waals surface area contributed by atoms with Crippen molar-refractivity contribution in [2.75, 3.05) is 6.61 Å². The van der Waals surface area contributed by atoms with Gasteiger partial charge < -0.3 is 15.5 Å². The van der Waals surface area contributed by atoms with Crippen molar-refractivity contribution in [2.24, 2.45) is 0 Å². The Morgan fingerprint density at radius 1 is 0.391 bits per heavy atom. The highest BCUT2D eigenvalue weighted by Gasteiger charge is 2.20. The molecule has 2 atom stereocenters. The van der Waals surface area contributed by atoms with Gasteiger partial charge in [-0.3, -0.25) is 4.79 Å². The van der Waals surface area contributed by atoms with Crippen molar-refractivity contribution in [1.29, 1.82) is 0 Å². The minimum Gasteiger partial charge on any atom is -0.394 e. The lowest BCUT2D eigenvalue weighted by molar-refractivity contribution is -0.123. The van der Waals surface area contributed by atoms with Crippen LogP contribution in [0.1, 0.15) is 284 Å². The molecule has 0 heterocycles. The van der Waals surface area contributed by atoms with Gasteiger partial charge in [0, 0.05) is 6.42 Å². The van der Waals surface area contributed by atoms with E-state index in [1.165, 1.54) is 193 Å². The molecule has 3 N–H and O–H groups in total. The molecule has 0 aliphatic rings. The highest BCUT2D eigenvalue weighted by atomic mass is 16.3. The van der Waals surface area contributed by atoms with Crippen molar-refractivity contribution >= 4 is 5.91 Å². The summed E-state index contributed by atoms with van der Waals surface area (Å²) in [6, 6.07) is -0.534. The molecule has 0 bridgehead atoms. The summed E-state index contributed by atoms with van der Waals surface area (Å²) in [5, 5.41) is 23.2. The predicted molar refractivity (Wildman–Crippen MR) is 285 cm³/mol. The molecule has 0 aromatic heterocycles. The maximum absolute atomic E-state index is 12.4. The van der Waals surface area contributed by atoms with Crippen molar-refractivity contribution < 1.29 is 15.0 Å². The van der Waals surface area contributed by atoms with Crippen LogP contribution in [0.3, 0.4) is 0 Å². The van der Waals surface area contributed by atoms with Crippen molar-refractivity contribution in [3.05, 3.63) is 72.9 Å². The molecule has 0 rings (SSSR count). The molecule has 372 valence electrons. The molecule has 0 saturated carbocycles. The molecule has 0 fully saturated rings. The van der Waals surface area contributed by atoms with E-state index in [0.717, 1.165) is 64.2 Å². The van der Waals surface area contributed by atoms with Gasteiger partial charge >= 0.3 is 0 Å². The second kappa shape index (κ2) is 55.2. The first-order valence-electron chi connectivity index (χ1n) is 28.1. The molecule has 0 saturated heterocycles. The van der Waals surface area contributed by atoms with E-state index in [0.29, 0.717) is 12.8 Å². The summed E-state index contributed by atoms with van der Waals surface area (Å²) in [4.78, 5) is 12.4. The average Bonchev–Trinajstić information content (AvgIpc) is 3.30. The molecular weight excluding hydrogens is 783 g/mol. The number of allylic oxidation sites excluding steroid dienone is 12. The fraction of sp³-hybridized carbons (Fsp3) is 0.783. The Bertz CT molecular complexity index is 1100. The molecule has 4 nitrogen and oxygen atoms in total. The highest BCUT2D eigenvalue weighted by molar-refractivity contribution is 5.76. The zero-order chi connectivity index (χ0) is 46.3. The van der Waals surface area contributed by atoms with Crippen LogP contribution in [0.15, 0.2) is 72.9 Å². The van der Waals surface area contributed by atoms with Crippen LogP contribution in [0.2, 0.25) is 0 Å². The van der Waals surface area contributed by atoms with E-state index in [1.807, 2.05) is 0 Å². The van der Waals surface area contributed by atoms with E-state index in [1.54, 1.807) is 0 Å². The summed E-state index contributed by atoms with van der Waals surface area (Å²) in [6.07, 6.45) is 79.0. The zero-order valence-corrected chi connectivity index (χ0v) is 42.8. The van der Waals surface area contributed by atoms with Crippen molar-refractivity contribution in [3.8, 4) is 0 Å². The van der Waals surface area contributed by atoms with Crippen LogP contribution < -0.4 is 5.32 Å². The summed E-state index contributed by atoms with van der Waals surface area (Å²) in [5.74, 6) is -0.0298. The Morgan fingerprint density at radius 3 is 1.03 bits per heavy atom. The van der Waals surface area contributed by atoms with E-state index in [4.69, 9.17) is 0 Å². The van der Waals surface area contributed by atoms with Gasteiger partial charge in [0.05, 0.1) is 18.8 Å². The van der Waals surface area contributed by atoms with Gasteiger partial charge in [-0.05, 0) is 64.2 Å². The van der Waals surface area contributed by atoms with Crippen LogP contribution in [0.25, 0.3) is 0 Å². The van der Waals surface area contributed by atoms with E-state index >= 15 is 0 Å². The molecule has 1 amide bonds. The van der Waals surface area contributed by atoms with Crippen LogP contribution >= 0.6 is 0 Å². The SMILES string of the molecule is CC/C=C\C/C=C\C/C=C\C/C=C\C/C=C\C/C=C\CCCCCCCCCCCCCCCCCCCCCCCCC(=O)NC(CO)C(O)CCCCCCCCCCCCC. The molecule has 2 unspecified atom stereocenters. The number of amides is 1. The monoisotopic (exact) mass is 892 g/mol. The third-order valence-corrected chi connectivity index (χ3v) is 12.7. The van der Waals surface area contributed by atoms with Gasteiger partial charge in [0.15, 0.2) is 0 Å². The summed E-state index contributed by atoms with van der Waals surface area (Å²) < 4.78 is 0. The van der Waals surface area contributed by atoms with Crippen molar-refractivity contribution in [3.63, 3.8) is 0 Å². The summed E-state index contributed by atoms with van der Waals surface area (Å²) in [6.45, 7) is 4.24. The van der Waals surface area contributed by atoms with E-state index < -0.39 is 12.1 Å². The summed E-state index contributed by atoms with van der Waals surface area (Å²) in [7, 11) is 0. The Balaban J connectivity index is 3.40. The zero-order valence-electron chi connectivity index (χ0n) is 42.8. The summed E-state index contributed by atoms with van der Waals surface area (Å²) in [5.41, 5.74) is 0. The molecule has 0 aliphatic carbocycles. The smallest absolute Gasteiger partial charge is 0.220 e. The predicted octanol–water partition coefficient (Wildman–Crippen LogP) is 18.6. The molecule has 0 spiro atoms. The number of nitrogens with one attached hydrogen (secondary N) is 1. The van der Waals surface area contributed by atoms with Crippen molar-refractivity contribution in [2.45, 2.75) is 296 Å². The number of unbranched alkanes of at least 4 members (excludes halogenated alkanes) is 32. The standard InChI is InChI=1S/C60H109NO3/c1-3-5-7-9-11-13-15-16-17-18-19-20-21-22-23-24-25-26-27-28-29-30-31-32-33-34-35-36-37-38-39-40-41-42-43-44-46-48-50-52-54-56-60(64)61-58(57-62)59(63)55-53-51-49-47-45-14-12-10-8-6-4-2/h5,7,11,13,16-17,19-20,22-23,25-26,58-59,62-63H,3-4,6,8-10,12,14-15,18,21,24,27-57H2,1-2H3,(H,61,64)/b7-5-,13-11-,17-16-,20-19-,23-22-,26-25-. The Morgan fingerprint density at radius 2 is 0.688 bits per heavy atom.